The highest BCUT2D eigenvalue weighted by Crippen LogP contribution is 2.36. The molecule has 1 aromatic carbocycles. The average Bonchev–Trinajstić information content (AvgIpc) is 2.57. The number of hydrogen-bond acceptors (Lipinski definition) is 2. The third-order valence-electron chi connectivity index (χ3n) is 2.48. The summed E-state index contributed by atoms with van der Waals surface area (Å²) in [6.07, 6.45) is -4.30. The van der Waals surface area contributed by atoms with Crippen molar-refractivity contribution < 1.29 is 13.2 Å². The zero-order valence-electron chi connectivity index (χ0n) is 9.43. The van der Waals surface area contributed by atoms with Gasteiger partial charge in [-0.15, -0.1) is 11.3 Å². The van der Waals surface area contributed by atoms with Gasteiger partial charge in [-0.1, -0.05) is 0 Å². The Morgan fingerprint density at radius 3 is 2.29 bits per heavy atom. The molecule has 0 aliphatic carbocycles. The van der Waals surface area contributed by atoms with Crippen LogP contribution >= 0.6 is 11.3 Å². The molecule has 1 nitrogen and oxygen atoms in total. The molecule has 0 saturated heterocycles. The van der Waals surface area contributed by atoms with Gasteiger partial charge in [-0.05, 0) is 43.5 Å². The van der Waals surface area contributed by atoms with Crippen LogP contribution in [0.2, 0.25) is 0 Å². The second kappa shape index (κ2) is 3.71. The van der Waals surface area contributed by atoms with Crippen molar-refractivity contribution in [3.63, 3.8) is 0 Å². The summed E-state index contributed by atoms with van der Waals surface area (Å²) in [5, 5.41) is 0.596. The maximum atomic E-state index is 12.5. The molecule has 2 aromatic rings. The highest BCUT2D eigenvalue weighted by molar-refractivity contribution is 7.19. The molecule has 0 aliphatic heterocycles. The fourth-order valence-electron chi connectivity index (χ4n) is 1.54. The normalized spacial score (nSPS) is 13.3. The van der Waals surface area contributed by atoms with E-state index in [2.05, 4.69) is 0 Å². The Bertz CT molecular complexity index is 537. The SMILES string of the molecule is CC(C)(N)c1cc2cc(C(F)(F)F)ccc2s1. The molecule has 5 heteroatoms. The average molecular weight is 259 g/mol. The number of hydrogen-bond donors (Lipinski definition) is 1. The smallest absolute Gasteiger partial charge is 0.321 e. The van der Waals surface area contributed by atoms with Crippen molar-refractivity contribution >= 4 is 21.4 Å². The third kappa shape index (κ3) is 2.45. The van der Waals surface area contributed by atoms with Crippen molar-refractivity contribution in [1.82, 2.24) is 0 Å². The van der Waals surface area contributed by atoms with E-state index in [-0.39, 0.29) is 0 Å². The van der Waals surface area contributed by atoms with Gasteiger partial charge in [0.15, 0.2) is 0 Å². The molecule has 92 valence electrons. The van der Waals surface area contributed by atoms with Crippen molar-refractivity contribution in [1.29, 1.82) is 0 Å². The second-order valence-electron chi connectivity index (χ2n) is 4.58. The van der Waals surface area contributed by atoms with Gasteiger partial charge >= 0.3 is 6.18 Å². The van der Waals surface area contributed by atoms with Gasteiger partial charge in [0.25, 0.3) is 0 Å². The van der Waals surface area contributed by atoms with E-state index in [4.69, 9.17) is 5.73 Å². The van der Waals surface area contributed by atoms with Crippen LogP contribution in [-0.4, -0.2) is 0 Å². The van der Waals surface area contributed by atoms with Gasteiger partial charge in [0, 0.05) is 15.1 Å². The number of halogens is 3. The summed E-state index contributed by atoms with van der Waals surface area (Å²) in [5.74, 6) is 0. The summed E-state index contributed by atoms with van der Waals surface area (Å²) in [6, 6.07) is 5.50. The molecule has 2 N–H and O–H groups in total. The van der Waals surface area contributed by atoms with Gasteiger partial charge < -0.3 is 5.73 Å². The van der Waals surface area contributed by atoms with Crippen LogP contribution in [0.3, 0.4) is 0 Å². The van der Waals surface area contributed by atoms with Gasteiger partial charge in [0.05, 0.1) is 5.56 Å². The molecule has 0 unspecified atom stereocenters. The minimum absolute atomic E-state index is 0.526. The molecule has 0 saturated carbocycles. The van der Waals surface area contributed by atoms with Crippen molar-refractivity contribution in [2.75, 3.05) is 0 Å². The lowest BCUT2D eigenvalue weighted by Gasteiger charge is -2.15. The summed E-state index contributed by atoms with van der Waals surface area (Å²) >= 11 is 1.43. The van der Waals surface area contributed by atoms with E-state index in [1.54, 1.807) is 6.07 Å². The van der Waals surface area contributed by atoms with Crippen LogP contribution in [0.1, 0.15) is 24.3 Å². The van der Waals surface area contributed by atoms with Crippen molar-refractivity contribution in [3.05, 3.63) is 34.7 Å². The van der Waals surface area contributed by atoms with E-state index in [0.29, 0.717) is 5.39 Å². The quantitative estimate of drug-likeness (QED) is 0.819. The fourth-order valence-corrected chi connectivity index (χ4v) is 2.59. The number of alkyl halides is 3. The van der Waals surface area contributed by atoms with Crippen LogP contribution in [0.5, 0.6) is 0 Å². The molecule has 0 bridgehead atoms. The van der Waals surface area contributed by atoms with E-state index in [1.165, 1.54) is 23.5 Å². The highest BCUT2D eigenvalue weighted by atomic mass is 32.1. The van der Waals surface area contributed by atoms with E-state index in [1.807, 2.05) is 13.8 Å². The van der Waals surface area contributed by atoms with Crippen molar-refractivity contribution in [3.8, 4) is 0 Å². The summed E-state index contributed by atoms with van der Waals surface area (Å²) in [5.41, 5.74) is 4.79. The molecule has 0 radical (unpaired) electrons. The number of thiophene rings is 1. The molecule has 0 atom stereocenters. The minimum atomic E-state index is -4.30. The van der Waals surface area contributed by atoms with Gasteiger partial charge in [-0.2, -0.15) is 13.2 Å². The number of fused-ring (bicyclic) bond motifs is 1. The lowest BCUT2D eigenvalue weighted by Crippen LogP contribution is -2.27. The van der Waals surface area contributed by atoms with Crippen LogP contribution in [0.15, 0.2) is 24.3 Å². The Kier molecular flexibility index (Phi) is 2.71. The van der Waals surface area contributed by atoms with Crippen molar-refractivity contribution in [2.45, 2.75) is 25.6 Å². The van der Waals surface area contributed by atoms with E-state index < -0.39 is 17.3 Å². The molecule has 1 heterocycles. The Balaban J connectivity index is 2.56. The molecular weight excluding hydrogens is 247 g/mol. The molecule has 0 amide bonds. The molecule has 2 rings (SSSR count). The van der Waals surface area contributed by atoms with E-state index in [9.17, 15) is 13.2 Å². The zero-order chi connectivity index (χ0) is 12.8. The summed E-state index contributed by atoms with van der Waals surface area (Å²) in [6.45, 7) is 3.67. The second-order valence-corrected chi connectivity index (χ2v) is 5.67. The highest BCUT2D eigenvalue weighted by Gasteiger charge is 2.30. The molecular formula is C12H12F3NS. The van der Waals surface area contributed by atoms with Crippen molar-refractivity contribution in [2.24, 2.45) is 5.73 Å². The molecule has 0 fully saturated rings. The van der Waals surface area contributed by atoms with Gasteiger partial charge in [-0.3, -0.25) is 0 Å². The van der Waals surface area contributed by atoms with Crippen LogP contribution in [0.4, 0.5) is 13.2 Å². The third-order valence-corrected chi connectivity index (χ3v) is 3.93. The lowest BCUT2D eigenvalue weighted by atomic mass is 10.0. The zero-order valence-corrected chi connectivity index (χ0v) is 10.2. The summed E-state index contributed by atoms with van der Waals surface area (Å²) in [7, 11) is 0. The van der Waals surface area contributed by atoms with Crippen LogP contribution in [0.25, 0.3) is 10.1 Å². The van der Waals surface area contributed by atoms with E-state index in [0.717, 1.165) is 15.6 Å². The first-order valence-electron chi connectivity index (χ1n) is 5.08. The Morgan fingerprint density at radius 1 is 1.12 bits per heavy atom. The number of rotatable bonds is 1. The Labute approximate surface area is 101 Å². The fraction of sp³-hybridized carbons (Fsp3) is 0.333. The topological polar surface area (TPSA) is 26.0 Å². The monoisotopic (exact) mass is 259 g/mol. The molecule has 1 aromatic heterocycles. The Hall–Kier alpha value is -1.07. The predicted octanol–water partition coefficient (Wildman–Crippen LogP) is 4.11. The standard InChI is InChI=1S/C12H12F3NS/c1-11(2,16)10-6-7-5-8(12(13,14)15)3-4-9(7)17-10/h3-6H,16H2,1-2H3. The first-order valence-corrected chi connectivity index (χ1v) is 5.90. The van der Waals surface area contributed by atoms with Crippen LogP contribution < -0.4 is 5.73 Å². The summed E-state index contributed by atoms with van der Waals surface area (Å²) in [4.78, 5) is 0.881. The molecule has 0 spiro atoms. The first-order chi connectivity index (χ1) is 7.68. The molecule has 17 heavy (non-hydrogen) atoms. The van der Waals surface area contributed by atoms with E-state index >= 15 is 0 Å². The predicted molar refractivity (Wildman–Crippen MR) is 64.0 cm³/mol. The van der Waals surface area contributed by atoms with Gasteiger partial charge in [-0.25, -0.2) is 0 Å². The number of benzene rings is 1. The lowest BCUT2D eigenvalue weighted by molar-refractivity contribution is -0.137. The minimum Gasteiger partial charge on any atom is -0.321 e. The van der Waals surface area contributed by atoms with Gasteiger partial charge in [0.2, 0.25) is 0 Å². The van der Waals surface area contributed by atoms with Crippen LogP contribution in [-0.2, 0) is 11.7 Å². The largest absolute Gasteiger partial charge is 0.416 e. The molecule has 0 aliphatic rings. The maximum absolute atomic E-state index is 12.5. The van der Waals surface area contributed by atoms with Gasteiger partial charge in [0.1, 0.15) is 0 Å². The van der Waals surface area contributed by atoms with Crippen LogP contribution in [0, 0.1) is 0 Å². The maximum Gasteiger partial charge on any atom is 0.416 e. The summed E-state index contributed by atoms with van der Waals surface area (Å²) < 4.78 is 38.4. The number of nitrogens with two attached hydrogens (primary N) is 1. The Morgan fingerprint density at radius 2 is 1.76 bits per heavy atom. The first kappa shape index (κ1) is 12.4.